The Morgan fingerprint density at radius 2 is 1.67 bits per heavy atom. The Kier molecular flexibility index (Phi) is 4.53. The number of hydrogen-bond donors (Lipinski definition) is 0. The molecule has 6 heavy (non-hydrogen) atoms. The molecule has 0 aromatic carbocycles. The molecule has 0 aliphatic carbocycles. The molecule has 0 fully saturated rings. The summed E-state index contributed by atoms with van der Waals surface area (Å²) in [5.74, 6) is 0. The van der Waals surface area contributed by atoms with Gasteiger partial charge in [-0.25, -0.2) is 0 Å². The predicted octanol–water partition coefficient (Wildman–Crippen LogP) is 1.23. The van der Waals surface area contributed by atoms with Crippen LogP contribution in [-0.4, -0.2) is 23.0 Å². The van der Waals surface area contributed by atoms with Gasteiger partial charge in [0.05, 0.1) is 0 Å². The van der Waals surface area contributed by atoms with Crippen LogP contribution in [0.1, 0.15) is 26.7 Å². The van der Waals surface area contributed by atoms with E-state index in [0.717, 1.165) is 3.86 Å². The zero-order chi connectivity index (χ0) is 4.99. The molecule has 1 heteroatoms. The van der Waals surface area contributed by atoms with Crippen molar-refractivity contribution in [3.05, 3.63) is 0 Å². The first-order valence-corrected chi connectivity index (χ1v) is 4.47. The van der Waals surface area contributed by atoms with Crippen LogP contribution in [0.25, 0.3) is 0 Å². The van der Waals surface area contributed by atoms with E-state index in [-0.39, 0.29) is 0 Å². The molecule has 0 heterocycles. The van der Waals surface area contributed by atoms with Gasteiger partial charge in [0, 0.05) is 0 Å². The van der Waals surface area contributed by atoms with E-state index in [1.165, 1.54) is 35.9 Å². The molecule has 0 aromatic rings. The van der Waals surface area contributed by atoms with Gasteiger partial charge < -0.3 is 0 Å². The van der Waals surface area contributed by atoms with E-state index < -0.39 is 0 Å². The second-order valence-corrected chi connectivity index (χ2v) is 4.27. The molecular formula is C5H13Sb. The van der Waals surface area contributed by atoms with E-state index in [1.54, 1.807) is 0 Å². The monoisotopic (exact) mass is 194 g/mol. The molecule has 0 aliphatic rings. The summed E-state index contributed by atoms with van der Waals surface area (Å²) in [6.07, 6.45) is 2.78. The fourth-order valence-electron chi connectivity index (χ4n) is 0.289. The van der Waals surface area contributed by atoms with E-state index in [4.69, 9.17) is 0 Å². The van der Waals surface area contributed by atoms with Gasteiger partial charge in [0.1, 0.15) is 0 Å². The van der Waals surface area contributed by atoms with E-state index in [1.807, 2.05) is 0 Å². The molecule has 0 aliphatic heterocycles. The minimum absolute atomic E-state index is 1.07. The van der Waals surface area contributed by atoms with Crippen LogP contribution < -0.4 is 0 Å². The number of hydrogen-bond acceptors (Lipinski definition) is 0. The van der Waals surface area contributed by atoms with Gasteiger partial charge in [-0.2, -0.15) is 0 Å². The average molecular weight is 195 g/mol. The van der Waals surface area contributed by atoms with Gasteiger partial charge in [-0.1, -0.05) is 0 Å². The summed E-state index contributed by atoms with van der Waals surface area (Å²) in [5, 5.41) is 0. The van der Waals surface area contributed by atoms with Crippen molar-refractivity contribution in [2.45, 2.75) is 30.6 Å². The first kappa shape index (κ1) is 6.82. The van der Waals surface area contributed by atoms with Crippen LogP contribution in [0.5, 0.6) is 0 Å². The quantitative estimate of drug-likeness (QED) is 0.581. The van der Waals surface area contributed by atoms with Crippen LogP contribution in [0.4, 0.5) is 0 Å². The molecule has 0 N–H and O–H groups in total. The molecule has 0 radical (unpaired) electrons. The topological polar surface area (TPSA) is 0 Å². The van der Waals surface area contributed by atoms with Crippen LogP contribution in [0.3, 0.4) is 0 Å². The molecule has 0 saturated heterocycles. The molecule has 0 aromatic heterocycles. The van der Waals surface area contributed by atoms with E-state index in [2.05, 4.69) is 13.8 Å². The van der Waals surface area contributed by atoms with Crippen molar-refractivity contribution in [2.75, 3.05) is 0 Å². The third kappa shape index (κ3) is 3.03. The minimum atomic E-state index is 1.07. The normalized spacial score (nSPS) is 10.0. The van der Waals surface area contributed by atoms with Crippen molar-refractivity contribution in [1.29, 1.82) is 0 Å². The molecule has 0 spiro atoms. The van der Waals surface area contributed by atoms with Gasteiger partial charge in [-0.3, -0.25) is 0 Å². The van der Waals surface area contributed by atoms with Gasteiger partial charge >= 0.3 is 53.6 Å². The van der Waals surface area contributed by atoms with E-state index in [0.29, 0.717) is 0 Å². The fourth-order valence-corrected chi connectivity index (χ4v) is 0.289. The molecule has 0 rings (SSSR count). The number of rotatable bonds is 2. The van der Waals surface area contributed by atoms with Crippen LogP contribution >= 0.6 is 0 Å². The maximum atomic E-state index is 2.26. The van der Waals surface area contributed by atoms with Crippen molar-refractivity contribution in [3.8, 4) is 0 Å². The Balaban J connectivity index is 2.75. The van der Waals surface area contributed by atoms with Gasteiger partial charge in [-0.15, -0.1) is 0 Å². The van der Waals surface area contributed by atoms with Gasteiger partial charge in [0.25, 0.3) is 0 Å². The van der Waals surface area contributed by atoms with Crippen LogP contribution in [0.15, 0.2) is 0 Å². The predicted molar refractivity (Wildman–Crippen MR) is 32.9 cm³/mol. The second-order valence-electron chi connectivity index (χ2n) is 1.58. The Morgan fingerprint density at radius 1 is 1.33 bits per heavy atom. The van der Waals surface area contributed by atoms with Crippen LogP contribution in [0.2, 0.25) is 3.86 Å². The Hall–Kier alpha value is 0.818. The maximum absolute atomic E-state index is 2.26. The summed E-state index contributed by atoms with van der Waals surface area (Å²) in [7, 11) is 0. The fraction of sp³-hybridized carbons (Fsp3) is 1.00. The summed E-state index contributed by atoms with van der Waals surface area (Å²) < 4.78 is 1.07. The van der Waals surface area contributed by atoms with E-state index >= 15 is 0 Å². The molecule has 0 saturated carbocycles. The zero-order valence-corrected chi connectivity index (χ0v) is 7.86. The molecule has 0 bridgehead atoms. The van der Waals surface area contributed by atoms with Crippen molar-refractivity contribution in [2.24, 2.45) is 0 Å². The van der Waals surface area contributed by atoms with Crippen molar-refractivity contribution < 1.29 is 0 Å². The third-order valence-electron chi connectivity index (χ3n) is 1.05. The van der Waals surface area contributed by atoms with Crippen molar-refractivity contribution in [3.63, 3.8) is 0 Å². The van der Waals surface area contributed by atoms with Crippen molar-refractivity contribution >= 4 is 23.0 Å². The van der Waals surface area contributed by atoms with Gasteiger partial charge in [0.2, 0.25) is 0 Å². The first-order valence-electron chi connectivity index (χ1n) is 2.56. The van der Waals surface area contributed by atoms with Gasteiger partial charge in [0.15, 0.2) is 0 Å². The third-order valence-corrected chi connectivity index (χ3v) is 3.74. The Bertz CT molecular complexity index is 23.1. The molecule has 38 valence electrons. The van der Waals surface area contributed by atoms with Crippen LogP contribution in [0, 0.1) is 0 Å². The summed E-state index contributed by atoms with van der Waals surface area (Å²) in [6, 6.07) is 0. The molecule has 0 amide bonds. The SMILES string of the molecule is CC[CH]([SbH2])CC. The summed E-state index contributed by atoms with van der Waals surface area (Å²) in [5.41, 5.74) is 0. The van der Waals surface area contributed by atoms with Crippen LogP contribution in [-0.2, 0) is 0 Å². The first-order chi connectivity index (χ1) is 2.81. The Morgan fingerprint density at radius 3 is 1.67 bits per heavy atom. The zero-order valence-electron chi connectivity index (χ0n) is 4.57. The standard InChI is InChI=1S/C5H11.Sb.2H/c1-3-5-4-2;;;/h5H,3-4H2,1-2H3;;;. The van der Waals surface area contributed by atoms with Crippen molar-refractivity contribution in [1.82, 2.24) is 0 Å². The molecular weight excluding hydrogens is 182 g/mol. The second kappa shape index (κ2) is 3.99. The van der Waals surface area contributed by atoms with E-state index in [9.17, 15) is 0 Å². The van der Waals surface area contributed by atoms with Gasteiger partial charge in [-0.05, 0) is 0 Å². The molecule has 0 atom stereocenters. The Labute approximate surface area is 53.8 Å². The summed E-state index contributed by atoms with van der Waals surface area (Å²) in [6.45, 7) is 4.53. The average Bonchev–Trinajstić information content (AvgIpc) is 1.65. The molecule has 0 unspecified atom stereocenters. The molecule has 0 nitrogen and oxygen atoms in total. The summed E-state index contributed by atoms with van der Waals surface area (Å²) in [4.78, 5) is 0. The summed E-state index contributed by atoms with van der Waals surface area (Å²) >= 11 is 1.45.